The molecule has 0 radical (unpaired) electrons. The summed E-state index contributed by atoms with van der Waals surface area (Å²) in [4.78, 5) is 22.8. The largest absolute Gasteiger partial charge is 0.481 e. The van der Waals surface area contributed by atoms with Gasteiger partial charge in [-0.25, -0.2) is 0 Å². The van der Waals surface area contributed by atoms with E-state index in [1.165, 1.54) is 6.42 Å². The van der Waals surface area contributed by atoms with Gasteiger partial charge >= 0.3 is 11.9 Å². The highest BCUT2D eigenvalue weighted by molar-refractivity contribution is 5.81. The lowest BCUT2D eigenvalue weighted by Crippen LogP contribution is -2.43. The molecule has 0 heterocycles. The van der Waals surface area contributed by atoms with Gasteiger partial charge in [0.2, 0.25) is 0 Å². The van der Waals surface area contributed by atoms with Crippen LogP contribution in [0, 0.1) is 34.5 Å². The van der Waals surface area contributed by atoms with Crippen molar-refractivity contribution >= 4 is 11.9 Å². The number of hydrogen-bond donors (Lipinski definition) is 2. The van der Waals surface area contributed by atoms with Gasteiger partial charge in [0.1, 0.15) is 0 Å². The number of carboxylic acids is 2. The monoisotopic (exact) mass is 262 g/mol. The van der Waals surface area contributed by atoms with E-state index in [1.54, 1.807) is 0 Å². The van der Waals surface area contributed by atoms with E-state index in [1.807, 2.05) is 0 Å². The van der Waals surface area contributed by atoms with E-state index in [0.717, 1.165) is 6.42 Å². The van der Waals surface area contributed by atoms with Crippen LogP contribution in [0.3, 0.4) is 0 Å². The minimum Gasteiger partial charge on any atom is -0.481 e. The Hall–Kier alpha value is -1.32. The summed E-state index contributed by atoms with van der Waals surface area (Å²) >= 11 is 0. The molecule has 3 fully saturated rings. The molecule has 0 aromatic carbocycles. The van der Waals surface area contributed by atoms with Gasteiger partial charge in [-0.2, -0.15) is 0 Å². The summed E-state index contributed by atoms with van der Waals surface area (Å²) in [5.41, 5.74) is -0.796. The van der Waals surface area contributed by atoms with Crippen molar-refractivity contribution in [3.63, 3.8) is 0 Å². The van der Waals surface area contributed by atoms with Gasteiger partial charge in [-0.3, -0.25) is 9.59 Å². The molecule has 4 heteroatoms. The summed E-state index contributed by atoms with van der Waals surface area (Å²) in [6.07, 6.45) is 7.83. The van der Waals surface area contributed by atoms with Crippen LogP contribution < -0.4 is 0 Å². The number of rotatable bonds is 3. The van der Waals surface area contributed by atoms with E-state index in [4.69, 9.17) is 5.11 Å². The highest BCUT2D eigenvalue weighted by Crippen LogP contribution is 2.74. The van der Waals surface area contributed by atoms with Crippen molar-refractivity contribution in [2.45, 2.75) is 32.1 Å². The third-order valence-electron chi connectivity index (χ3n) is 6.38. The summed E-state index contributed by atoms with van der Waals surface area (Å²) in [5.74, 6) is 0.225. The SMILES string of the molecule is O=C(O)CC1(C(=O)O)CC2CC34C=CC(C3)C2C4C1. The highest BCUT2D eigenvalue weighted by Gasteiger charge is 2.68. The van der Waals surface area contributed by atoms with Gasteiger partial charge in [0.05, 0.1) is 11.8 Å². The zero-order valence-electron chi connectivity index (χ0n) is 10.7. The van der Waals surface area contributed by atoms with Gasteiger partial charge in [0, 0.05) is 0 Å². The number of aliphatic carboxylic acids is 2. The van der Waals surface area contributed by atoms with Crippen molar-refractivity contribution in [1.29, 1.82) is 0 Å². The van der Waals surface area contributed by atoms with Crippen molar-refractivity contribution in [2.75, 3.05) is 0 Å². The van der Waals surface area contributed by atoms with Crippen molar-refractivity contribution in [1.82, 2.24) is 0 Å². The van der Waals surface area contributed by atoms with Gasteiger partial charge in [-0.15, -0.1) is 0 Å². The summed E-state index contributed by atoms with van der Waals surface area (Å²) < 4.78 is 0. The zero-order chi connectivity index (χ0) is 13.4. The minimum absolute atomic E-state index is 0.216. The fourth-order valence-corrected chi connectivity index (χ4v) is 5.95. The van der Waals surface area contributed by atoms with Crippen molar-refractivity contribution < 1.29 is 19.8 Å². The predicted octanol–water partition coefficient (Wildman–Crippen LogP) is 2.15. The molecule has 2 N–H and O–H groups in total. The van der Waals surface area contributed by atoms with Crippen LogP contribution in [0.5, 0.6) is 0 Å². The Labute approximate surface area is 111 Å². The highest BCUT2D eigenvalue weighted by atomic mass is 16.4. The maximum atomic E-state index is 11.7. The molecule has 0 saturated heterocycles. The average molecular weight is 262 g/mol. The lowest BCUT2D eigenvalue weighted by molar-refractivity contribution is -0.161. The number of hydrogen-bond acceptors (Lipinski definition) is 2. The van der Waals surface area contributed by atoms with E-state index in [0.29, 0.717) is 36.5 Å². The summed E-state index contributed by atoms with van der Waals surface area (Å²) in [6, 6.07) is 0. The molecule has 6 atom stereocenters. The Morgan fingerprint density at radius 1 is 1.16 bits per heavy atom. The summed E-state index contributed by atoms with van der Waals surface area (Å²) in [7, 11) is 0. The Kier molecular flexibility index (Phi) is 1.95. The molecule has 3 saturated carbocycles. The second-order valence-corrected chi connectivity index (χ2v) is 7.17. The molecule has 5 bridgehead atoms. The van der Waals surface area contributed by atoms with E-state index in [-0.39, 0.29) is 11.8 Å². The smallest absolute Gasteiger partial charge is 0.310 e. The van der Waals surface area contributed by atoms with Crippen LogP contribution in [0.25, 0.3) is 0 Å². The van der Waals surface area contributed by atoms with Gasteiger partial charge in [0.15, 0.2) is 0 Å². The average Bonchev–Trinajstić information content (AvgIpc) is 2.86. The zero-order valence-corrected chi connectivity index (χ0v) is 10.7. The van der Waals surface area contributed by atoms with Crippen LogP contribution >= 0.6 is 0 Å². The van der Waals surface area contributed by atoms with Crippen LogP contribution in [0.2, 0.25) is 0 Å². The first kappa shape index (κ1) is 11.5. The van der Waals surface area contributed by atoms with Gasteiger partial charge in [-0.05, 0) is 54.8 Å². The minimum atomic E-state index is -1.01. The lowest BCUT2D eigenvalue weighted by atomic mass is 9.61. The molecule has 4 nitrogen and oxygen atoms in total. The standard InChI is InChI=1S/C15H18O4/c16-11(17)7-15(13(18)19)5-9-4-14-2-1-8(3-14)12(9)10(14)6-15/h1-2,8-10,12H,3-7H2,(H,16,17)(H,18,19). The maximum Gasteiger partial charge on any atom is 0.310 e. The first-order valence-corrected chi connectivity index (χ1v) is 7.10. The molecule has 4 aliphatic rings. The fourth-order valence-electron chi connectivity index (χ4n) is 5.95. The normalized spacial score (nSPS) is 52.6. The quantitative estimate of drug-likeness (QED) is 0.764. The Balaban J connectivity index is 1.71. The second-order valence-electron chi connectivity index (χ2n) is 7.17. The molecule has 102 valence electrons. The van der Waals surface area contributed by atoms with Crippen molar-refractivity contribution in [3.8, 4) is 0 Å². The molecule has 4 aliphatic carbocycles. The van der Waals surface area contributed by atoms with E-state index >= 15 is 0 Å². The molecule has 19 heavy (non-hydrogen) atoms. The van der Waals surface area contributed by atoms with Crippen molar-refractivity contribution in [3.05, 3.63) is 12.2 Å². The van der Waals surface area contributed by atoms with Crippen LogP contribution in [0.4, 0.5) is 0 Å². The van der Waals surface area contributed by atoms with Crippen LogP contribution in [0.15, 0.2) is 12.2 Å². The number of carboxylic acid groups (broad SMARTS) is 2. The maximum absolute atomic E-state index is 11.7. The van der Waals surface area contributed by atoms with Gasteiger partial charge in [-0.1, -0.05) is 12.2 Å². The Morgan fingerprint density at radius 2 is 1.95 bits per heavy atom. The molecule has 1 spiro atoms. The molecular weight excluding hydrogens is 244 g/mol. The summed E-state index contributed by atoms with van der Waals surface area (Å²) in [6.45, 7) is 0. The van der Waals surface area contributed by atoms with Crippen molar-refractivity contribution in [2.24, 2.45) is 34.5 Å². The third-order valence-corrected chi connectivity index (χ3v) is 6.38. The molecule has 0 aliphatic heterocycles. The summed E-state index contributed by atoms with van der Waals surface area (Å²) in [5, 5.41) is 18.7. The van der Waals surface area contributed by atoms with E-state index in [9.17, 15) is 14.7 Å². The number of carbonyl (C=O) groups is 2. The molecule has 6 unspecified atom stereocenters. The van der Waals surface area contributed by atoms with Crippen LogP contribution in [-0.4, -0.2) is 22.2 Å². The Morgan fingerprint density at radius 3 is 2.63 bits per heavy atom. The topological polar surface area (TPSA) is 74.6 Å². The molecule has 0 aromatic rings. The molecule has 0 amide bonds. The third kappa shape index (κ3) is 1.25. The number of fused-ring (bicyclic) bond motifs is 1. The van der Waals surface area contributed by atoms with Gasteiger partial charge < -0.3 is 10.2 Å². The lowest BCUT2D eigenvalue weighted by Gasteiger charge is -2.42. The van der Waals surface area contributed by atoms with E-state index < -0.39 is 17.4 Å². The second kappa shape index (κ2) is 3.22. The first-order chi connectivity index (χ1) is 8.96. The van der Waals surface area contributed by atoms with Crippen LogP contribution in [-0.2, 0) is 9.59 Å². The molecule has 4 rings (SSSR count). The molecule has 0 aromatic heterocycles. The molecular formula is C15H18O4. The Bertz CT molecular complexity index is 510. The van der Waals surface area contributed by atoms with Gasteiger partial charge in [0.25, 0.3) is 0 Å². The van der Waals surface area contributed by atoms with Crippen LogP contribution in [0.1, 0.15) is 32.1 Å². The first-order valence-electron chi connectivity index (χ1n) is 7.10. The van der Waals surface area contributed by atoms with E-state index in [2.05, 4.69) is 12.2 Å². The predicted molar refractivity (Wildman–Crippen MR) is 66.3 cm³/mol. The number of allylic oxidation sites excluding steroid dienone is 2. The fraction of sp³-hybridized carbons (Fsp3) is 0.733.